The van der Waals surface area contributed by atoms with E-state index >= 15 is 0 Å². The number of hydrogen-bond donors (Lipinski definition) is 0. The molecule has 0 spiro atoms. The van der Waals surface area contributed by atoms with Gasteiger partial charge in [0, 0.05) is 23.6 Å². The molecule has 0 aliphatic carbocycles. The third-order valence-corrected chi connectivity index (χ3v) is 4.98. The molecule has 0 bridgehead atoms. The Bertz CT molecular complexity index is 1010. The zero-order valence-electron chi connectivity index (χ0n) is 15.1. The van der Waals surface area contributed by atoms with E-state index in [4.69, 9.17) is 20.9 Å². The van der Waals surface area contributed by atoms with Gasteiger partial charge in [0.15, 0.2) is 11.6 Å². The van der Waals surface area contributed by atoms with E-state index in [-0.39, 0.29) is 23.5 Å². The van der Waals surface area contributed by atoms with Gasteiger partial charge in [-0.3, -0.25) is 4.79 Å². The number of ether oxygens (including phenoxy) is 1. The Morgan fingerprint density at radius 3 is 2.79 bits per heavy atom. The number of amides is 1. The van der Waals surface area contributed by atoms with Crippen LogP contribution in [0.15, 0.2) is 47.0 Å². The molecular formula is C20H17ClFN3O3. The minimum absolute atomic E-state index is 0.0233. The fourth-order valence-corrected chi connectivity index (χ4v) is 3.39. The first-order valence-electron chi connectivity index (χ1n) is 8.76. The van der Waals surface area contributed by atoms with Crippen LogP contribution >= 0.6 is 11.6 Å². The van der Waals surface area contributed by atoms with Crippen molar-refractivity contribution in [1.29, 1.82) is 0 Å². The molecule has 0 N–H and O–H groups in total. The lowest BCUT2D eigenvalue weighted by molar-refractivity contribution is -0.129. The van der Waals surface area contributed by atoms with Crippen molar-refractivity contribution in [3.63, 3.8) is 0 Å². The van der Waals surface area contributed by atoms with Crippen LogP contribution in [0.5, 0.6) is 5.75 Å². The summed E-state index contributed by atoms with van der Waals surface area (Å²) in [6.45, 7) is 0.426. The molecule has 28 heavy (non-hydrogen) atoms. The average molecular weight is 402 g/mol. The van der Waals surface area contributed by atoms with E-state index in [1.807, 2.05) is 12.1 Å². The molecule has 1 fully saturated rings. The van der Waals surface area contributed by atoms with Crippen molar-refractivity contribution in [3.8, 4) is 17.1 Å². The Kier molecular flexibility index (Phi) is 5.00. The van der Waals surface area contributed by atoms with E-state index in [0.29, 0.717) is 35.9 Å². The van der Waals surface area contributed by atoms with Gasteiger partial charge >= 0.3 is 0 Å². The smallest absolute Gasteiger partial charge is 0.249 e. The molecule has 1 amide bonds. The number of halogens is 2. The van der Waals surface area contributed by atoms with Crippen molar-refractivity contribution in [2.45, 2.75) is 25.4 Å². The van der Waals surface area contributed by atoms with Crippen LogP contribution in [0.3, 0.4) is 0 Å². The molecule has 4 rings (SSSR count). The molecule has 3 aromatic rings. The third kappa shape index (κ3) is 3.57. The molecule has 2 heterocycles. The van der Waals surface area contributed by atoms with Gasteiger partial charge in [-0.05, 0) is 42.3 Å². The second kappa shape index (κ2) is 7.59. The third-order valence-electron chi connectivity index (χ3n) is 4.73. The van der Waals surface area contributed by atoms with Crippen molar-refractivity contribution < 1.29 is 18.4 Å². The van der Waals surface area contributed by atoms with Gasteiger partial charge in [0.1, 0.15) is 6.04 Å². The Balaban J connectivity index is 1.57. The molecule has 0 saturated carbocycles. The number of carbonyl (C=O) groups is 1. The molecule has 1 atom stereocenters. The van der Waals surface area contributed by atoms with Gasteiger partial charge in [0.2, 0.25) is 17.6 Å². The minimum atomic E-state index is -0.508. The standard InChI is InChI=1S/C20H17ClFN3O3/c1-27-17-8-4-13(10-15(17)22)19-23-20(28-24-19)16-7-9-18(26)25(16)11-12-2-5-14(21)6-3-12/h2-6,8,10,16H,7,9,11H2,1H3. The first kappa shape index (κ1) is 18.4. The number of aromatic nitrogens is 2. The molecular weight excluding hydrogens is 385 g/mol. The van der Waals surface area contributed by atoms with Crippen LogP contribution in [0, 0.1) is 5.82 Å². The number of benzene rings is 2. The Labute approximate surface area is 165 Å². The van der Waals surface area contributed by atoms with Gasteiger partial charge in [-0.2, -0.15) is 4.98 Å². The normalized spacial score (nSPS) is 16.6. The molecule has 1 aromatic heterocycles. The van der Waals surface area contributed by atoms with E-state index in [0.717, 1.165) is 5.56 Å². The second-order valence-electron chi connectivity index (χ2n) is 6.51. The summed E-state index contributed by atoms with van der Waals surface area (Å²) in [5.74, 6) is 0.262. The predicted molar refractivity (Wildman–Crippen MR) is 100 cm³/mol. The summed E-state index contributed by atoms with van der Waals surface area (Å²) >= 11 is 5.92. The van der Waals surface area contributed by atoms with Crippen LogP contribution in [0.4, 0.5) is 4.39 Å². The highest BCUT2D eigenvalue weighted by Gasteiger charge is 2.36. The molecule has 1 aliphatic rings. The largest absolute Gasteiger partial charge is 0.494 e. The number of methoxy groups -OCH3 is 1. The van der Waals surface area contributed by atoms with Crippen molar-refractivity contribution in [2.24, 2.45) is 0 Å². The maximum Gasteiger partial charge on any atom is 0.249 e. The zero-order valence-corrected chi connectivity index (χ0v) is 15.8. The van der Waals surface area contributed by atoms with Gasteiger partial charge in [-0.15, -0.1) is 0 Å². The summed E-state index contributed by atoms with van der Waals surface area (Å²) in [6.07, 6.45) is 0.998. The van der Waals surface area contributed by atoms with Crippen LogP contribution in [0.25, 0.3) is 11.4 Å². The second-order valence-corrected chi connectivity index (χ2v) is 6.94. The fraction of sp³-hybridized carbons (Fsp3) is 0.250. The Morgan fingerprint density at radius 2 is 2.07 bits per heavy atom. The van der Waals surface area contributed by atoms with Gasteiger partial charge in [-0.25, -0.2) is 4.39 Å². The lowest BCUT2D eigenvalue weighted by Crippen LogP contribution is -2.27. The summed E-state index contributed by atoms with van der Waals surface area (Å²) in [7, 11) is 1.40. The molecule has 1 saturated heterocycles. The monoisotopic (exact) mass is 401 g/mol. The fourth-order valence-electron chi connectivity index (χ4n) is 3.27. The number of nitrogens with zero attached hydrogens (tertiary/aromatic N) is 3. The highest BCUT2D eigenvalue weighted by molar-refractivity contribution is 6.30. The Morgan fingerprint density at radius 1 is 1.29 bits per heavy atom. The van der Waals surface area contributed by atoms with E-state index in [2.05, 4.69) is 10.1 Å². The van der Waals surface area contributed by atoms with E-state index in [9.17, 15) is 9.18 Å². The lowest BCUT2D eigenvalue weighted by Gasteiger charge is -2.22. The van der Waals surface area contributed by atoms with E-state index < -0.39 is 5.82 Å². The van der Waals surface area contributed by atoms with Crippen LogP contribution in [0.1, 0.15) is 30.3 Å². The lowest BCUT2D eigenvalue weighted by atomic mass is 10.1. The minimum Gasteiger partial charge on any atom is -0.494 e. The van der Waals surface area contributed by atoms with Crippen molar-refractivity contribution in [1.82, 2.24) is 15.0 Å². The summed E-state index contributed by atoms with van der Waals surface area (Å²) in [5.41, 5.74) is 1.43. The van der Waals surface area contributed by atoms with Gasteiger partial charge in [-0.1, -0.05) is 28.9 Å². The van der Waals surface area contributed by atoms with Crippen LogP contribution < -0.4 is 4.74 Å². The average Bonchev–Trinajstić information content (AvgIpc) is 3.31. The highest BCUT2D eigenvalue weighted by Crippen LogP contribution is 2.34. The van der Waals surface area contributed by atoms with Gasteiger partial charge < -0.3 is 14.2 Å². The molecule has 6 nitrogen and oxygen atoms in total. The number of rotatable bonds is 5. The van der Waals surface area contributed by atoms with E-state index in [1.165, 1.54) is 19.2 Å². The molecule has 2 aromatic carbocycles. The van der Waals surface area contributed by atoms with Crippen molar-refractivity contribution in [3.05, 3.63) is 64.8 Å². The summed E-state index contributed by atoms with van der Waals surface area (Å²) in [5, 5.41) is 4.60. The molecule has 144 valence electrons. The van der Waals surface area contributed by atoms with Crippen LogP contribution in [0.2, 0.25) is 5.02 Å². The summed E-state index contributed by atoms with van der Waals surface area (Å²) < 4.78 is 24.3. The van der Waals surface area contributed by atoms with Crippen molar-refractivity contribution in [2.75, 3.05) is 7.11 Å². The zero-order chi connectivity index (χ0) is 19.7. The maximum atomic E-state index is 14.0. The van der Waals surface area contributed by atoms with Crippen LogP contribution in [-0.2, 0) is 11.3 Å². The number of carbonyl (C=O) groups excluding carboxylic acids is 1. The van der Waals surface area contributed by atoms with Gasteiger partial charge in [0.25, 0.3) is 0 Å². The molecule has 8 heteroatoms. The first-order chi connectivity index (χ1) is 13.5. The molecule has 0 radical (unpaired) electrons. The topological polar surface area (TPSA) is 68.5 Å². The maximum absolute atomic E-state index is 14.0. The van der Waals surface area contributed by atoms with E-state index in [1.54, 1.807) is 23.1 Å². The van der Waals surface area contributed by atoms with Crippen molar-refractivity contribution >= 4 is 17.5 Å². The van der Waals surface area contributed by atoms with Gasteiger partial charge in [0.05, 0.1) is 7.11 Å². The highest BCUT2D eigenvalue weighted by atomic mass is 35.5. The molecule has 1 unspecified atom stereocenters. The number of hydrogen-bond acceptors (Lipinski definition) is 5. The molecule has 1 aliphatic heterocycles. The Hall–Kier alpha value is -2.93. The quantitative estimate of drug-likeness (QED) is 0.633. The summed E-state index contributed by atoms with van der Waals surface area (Å²) in [6, 6.07) is 11.5. The summed E-state index contributed by atoms with van der Waals surface area (Å²) in [4.78, 5) is 18.5. The van der Waals surface area contributed by atoms with Crippen LogP contribution in [-0.4, -0.2) is 28.1 Å². The number of likely N-dealkylation sites (tertiary alicyclic amines) is 1. The first-order valence-corrected chi connectivity index (χ1v) is 9.14. The predicted octanol–water partition coefficient (Wildman–Crippen LogP) is 4.40. The SMILES string of the molecule is COc1ccc(-c2noc(C3CCC(=O)N3Cc3ccc(Cl)cc3)n2)cc1F.